The van der Waals surface area contributed by atoms with Crippen molar-refractivity contribution in [2.75, 3.05) is 13.2 Å². The molecule has 0 fully saturated rings. The zero-order valence-corrected chi connectivity index (χ0v) is 16.3. The molecule has 0 aromatic heterocycles. The summed E-state index contributed by atoms with van der Waals surface area (Å²) in [5.41, 5.74) is 10.5. The fourth-order valence-electron chi connectivity index (χ4n) is 2.21. The van der Waals surface area contributed by atoms with Crippen molar-refractivity contribution in [2.24, 2.45) is 17.4 Å². The minimum absolute atomic E-state index is 0.0643. The van der Waals surface area contributed by atoms with Gasteiger partial charge in [0.25, 0.3) is 0 Å². The van der Waals surface area contributed by atoms with E-state index in [0.29, 0.717) is 0 Å². The van der Waals surface area contributed by atoms with Gasteiger partial charge in [0.15, 0.2) is 0 Å². The van der Waals surface area contributed by atoms with E-state index in [-0.39, 0.29) is 12.3 Å². The molecule has 4 amide bonds. The number of rotatable bonds is 13. The van der Waals surface area contributed by atoms with Gasteiger partial charge in [0, 0.05) is 0 Å². The highest BCUT2D eigenvalue weighted by Crippen LogP contribution is 2.06. The lowest BCUT2D eigenvalue weighted by molar-refractivity contribution is -0.143. The van der Waals surface area contributed by atoms with Gasteiger partial charge in [0.05, 0.1) is 19.6 Å². The van der Waals surface area contributed by atoms with Gasteiger partial charge in [0.1, 0.15) is 24.2 Å². The van der Waals surface area contributed by atoms with Crippen LogP contribution in [0.5, 0.6) is 0 Å². The average Bonchev–Trinajstić information content (AvgIpc) is 2.62. The number of carboxylic acid groups (broad SMARTS) is 1. The molecule has 0 aliphatic rings. The molecule has 0 aliphatic heterocycles. The standard InChI is InChI=1S/C16H29N5O8/c1-7(2)3-9(19-13(25)8(17)5-22)14(26)20-10(4-12(18)24)15(27)21-11(6-23)16(28)29/h7-11,22-23H,3-6,17H2,1-2H3,(H2,18,24)(H,19,25)(H,20,26)(H,21,27)(H,28,29). The normalized spacial score (nSPS) is 15.0. The van der Waals surface area contributed by atoms with E-state index in [1.54, 1.807) is 13.8 Å². The summed E-state index contributed by atoms with van der Waals surface area (Å²) in [4.78, 5) is 58.9. The maximum atomic E-state index is 12.6. The molecule has 0 spiro atoms. The molecular formula is C16H29N5O8. The van der Waals surface area contributed by atoms with Gasteiger partial charge in [0.2, 0.25) is 23.6 Å². The number of carboxylic acids is 1. The van der Waals surface area contributed by atoms with Crippen LogP contribution in [0.2, 0.25) is 0 Å². The van der Waals surface area contributed by atoms with Crippen LogP contribution in [0.25, 0.3) is 0 Å². The number of hydrogen-bond acceptors (Lipinski definition) is 8. The third-order valence-corrected chi connectivity index (χ3v) is 3.71. The van der Waals surface area contributed by atoms with E-state index in [0.717, 1.165) is 0 Å². The van der Waals surface area contributed by atoms with E-state index < -0.39 is 73.4 Å². The quantitative estimate of drug-likeness (QED) is 0.144. The Balaban J connectivity index is 5.39. The van der Waals surface area contributed by atoms with Gasteiger partial charge in [-0.3, -0.25) is 19.2 Å². The van der Waals surface area contributed by atoms with E-state index in [1.807, 2.05) is 5.32 Å². The van der Waals surface area contributed by atoms with Gasteiger partial charge in [-0.15, -0.1) is 0 Å². The molecule has 0 saturated heterocycles. The number of hydrogen-bond donors (Lipinski definition) is 8. The summed E-state index contributed by atoms with van der Waals surface area (Å²) in [5, 5.41) is 33.4. The fourth-order valence-corrected chi connectivity index (χ4v) is 2.21. The van der Waals surface area contributed by atoms with Gasteiger partial charge in [-0.25, -0.2) is 4.79 Å². The third kappa shape index (κ3) is 9.82. The molecule has 0 bridgehead atoms. The van der Waals surface area contributed by atoms with Gasteiger partial charge in [-0.2, -0.15) is 0 Å². The number of aliphatic hydroxyl groups is 2. The minimum atomic E-state index is -1.65. The lowest BCUT2D eigenvalue weighted by atomic mass is 10.0. The number of aliphatic carboxylic acids is 1. The van der Waals surface area contributed by atoms with E-state index >= 15 is 0 Å². The maximum absolute atomic E-state index is 12.6. The predicted molar refractivity (Wildman–Crippen MR) is 98.8 cm³/mol. The van der Waals surface area contributed by atoms with Crippen LogP contribution in [-0.4, -0.2) is 82.3 Å². The van der Waals surface area contributed by atoms with Crippen molar-refractivity contribution in [3.05, 3.63) is 0 Å². The first-order valence-electron chi connectivity index (χ1n) is 8.82. The van der Waals surface area contributed by atoms with Crippen molar-refractivity contribution in [3.8, 4) is 0 Å². The lowest BCUT2D eigenvalue weighted by Gasteiger charge is -2.25. The second-order valence-corrected chi connectivity index (χ2v) is 6.79. The topological polar surface area (TPSA) is 234 Å². The molecule has 0 aliphatic carbocycles. The number of aliphatic hydroxyl groups excluding tert-OH is 2. The second kappa shape index (κ2) is 12.6. The zero-order chi connectivity index (χ0) is 22.7. The Morgan fingerprint density at radius 3 is 1.72 bits per heavy atom. The Bertz CT molecular complexity index is 612. The van der Waals surface area contributed by atoms with Gasteiger partial charge < -0.3 is 42.7 Å². The maximum Gasteiger partial charge on any atom is 0.328 e. The van der Waals surface area contributed by atoms with Crippen LogP contribution >= 0.6 is 0 Å². The van der Waals surface area contributed by atoms with Gasteiger partial charge in [-0.1, -0.05) is 13.8 Å². The van der Waals surface area contributed by atoms with Gasteiger partial charge >= 0.3 is 5.97 Å². The highest BCUT2D eigenvalue weighted by atomic mass is 16.4. The summed E-state index contributed by atoms with van der Waals surface area (Å²) >= 11 is 0. The van der Waals surface area contributed by atoms with Crippen LogP contribution < -0.4 is 27.4 Å². The molecule has 0 rings (SSSR count). The number of carbonyl (C=O) groups is 5. The van der Waals surface area contributed by atoms with E-state index in [4.69, 9.17) is 26.8 Å². The first-order chi connectivity index (χ1) is 13.4. The molecule has 29 heavy (non-hydrogen) atoms. The molecule has 13 nitrogen and oxygen atoms in total. The Morgan fingerprint density at radius 2 is 1.31 bits per heavy atom. The average molecular weight is 419 g/mol. The SMILES string of the molecule is CC(C)CC(NC(=O)C(N)CO)C(=O)NC(CC(N)=O)C(=O)NC(CO)C(=O)O. The molecule has 0 aromatic rings. The predicted octanol–water partition coefficient (Wildman–Crippen LogP) is -4.24. The van der Waals surface area contributed by atoms with Crippen LogP contribution in [0.1, 0.15) is 26.7 Å². The van der Waals surface area contributed by atoms with Crippen molar-refractivity contribution >= 4 is 29.6 Å². The first-order valence-corrected chi connectivity index (χ1v) is 8.82. The molecule has 13 heteroatoms. The zero-order valence-electron chi connectivity index (χ0n) is 16.3. The highest BCUT2D eigenvalue weighted by Gasteiger charge is 2.31. The summed E-state index contributed by atoms with van der Waals surface area (Å²) in [6.07, 6.45) is -0.497. The molecule has 0 aromatic carbocycles. The monoisotopic (exact) mass is 419 g/mol. The molecule has 10 N–H and O–H groups in total. The summed E-state index contributed by atoms with van der Waals surface area (Å²) in [6.45, 7) is 1.98. The second-order valence-electron chi connectivity index (χ2n) is 6.79. The Kier molecular flexibility index (Phi) is 11.4. The molecular weight excluding hydrogens is 390 g/mol. The fraction of sp³-hybridized carbons (Fsp3) is 0.688. The summed E-state index contributed by atoms with van der Waals surface area (Å²) in [6, 6.07) is -5.59. The number of nitrogens with one attached hydrogen (secondary N) is 3. The van der Waals surface area contributed by atoms with Crippen molar-refractivity contribution in [3.63, 3.8) is 0 Å². The molecule has 0 saturated carbocycles. The van der Waals surface area contributed by atoms with E-state index in [9.17, 15) is 24.0 Å². The number of amides is 4. The lowest BCUT2D eigenvalue weighted by Crippen LogP contribution is -2.58. The number of carbonyl (C=O) groups excluding carboxylic acids is 4. The molecule has 166 valence electrons. The smallest absolute Gasteiger partial charge is 0.328 e. The van der Waals surface area contributed by atoms with Crippen molar-refractivity contribution < 1.29 is 39.3 Å². The molecule has 0 heterocycles. The van der Waals surface area contributed by atoms with Crippen LogP contribution in [-0.2, 0) is 24.0 Å². The summed E-state index contributed by atoms with van der Waals surface area (Å²) < 4.78 is 0. The number of nitrogens with two attached hydrogens (primary N) is 2. The van der Waals surface area contributed by atoms with Crippen molar-refractivity contribution in [1.29, 1.82) is 0 Å². The Morgan fingerprint density at radius 1 is 0.828 bits per heavy atom. The largest absolute Gasteiger partial charge is 0.480 e. The van der Waals surface area contributed by atoms with Crippen LogP contribution in [0.4, 0.5) is 0 Å². The van der Waals surface area contributed by atoms with Crippen LogP contribution in [0.3, 0.4) is 0 Å². The van der Waals surface area contributed by atoms with Crippen LogP contribution in [0, 0.1) is 5.92 Å². The van der Waals surface area contributed by atoms with Crippen molar-refractivity contribution in [1.82, 2.24) is 16.0 Å². The van der Waals surface area contributed by atoms with E-state index in [2.05, 4.69) is 10.6 Å². The highest BCUT2D eigenvalue weighted by molar-refractivity contribution is 5.96. The van der Waals surface area contributed by atoms with Crippen LogP contribution in [0.15, 0.2) is 0 Å². The molecule has 4 atom stereocenters. The first kappa shape index (κ1) is 26.2. The van der Waals surface area contributed by atoms with E-state index in [1.165, 1.54) is 0 Å². The third-order valence-electron chi connectivity index (χ3n) is 3.71. The Labute approximate surface area is 167 Å². The summed E-state index contributed by atoms with van der Waals surface area (Å²) in [5.74, 6) is -5.23. The van der Waals surface area contributed by atoms with Gasteiger partial charge in [-0.05, 0) is 12.3 Å². The summed E-state index contributed by atoms with van der Waals surface area (Å²) in [7, 11) is 0. The number of primary amides is 1. The molecule has 0 radical (unpaired) electrons. The van der Waals surface area contributed by atoms with Crippen molar-refractivity contribution in [2.45, 2.75) is 50.9 Å². The molecule has 4 unspecified atom stereocenters. The Hall–Kier alpha value is -2.77. The minimum Gasteiger partial charge on any atom is -0.480 e.